The number of likely N-dealkylation sites (N-methyl/N-ethyl adjacent to an activating group) is 1. The molecule has 1 N–H and O–H groups in total. The van der Waals surface area contributed by atoms with Gasteiger partial charge in [0.2, 0.25) is 11.8 Å². The Morgan fingerprint density at radius 2 is 1.89 bits per heavy atom. The maximum atomic E-state index is 13.2. The summed E-state index contributed by atoms with van der Waals surface area (Å²) in [6, 6.07) is 9.78. The summed E-state index contributed by atoms with van der Waals surface area (Å²) in [5.41, 5.74) is 1.01. The summed E-state index contributed by atoms with van der Waals surface area (Å²) in [6.45, 7) is 3.39. The van der Waals surface area contributed by atoms with Gasteiger partial charge in [0.25, 0.3) is 0 Å². The fourth-order valence-corrected chi connectivity index (χ4v) is 3.89. The third kappa shape index (κ3) is 5.57. The second-order valence-corrected chi connectivity index (χ2v) is 7.12. The van der Waals surface area contributed by atoms with Crippen molar-refractivity contribution < 1.29 is 9.59 Å². The zero-order chi connectivity index (χ0) is 17.8. The Bertz CT molecular complexity index is 615. The predicted molar refractivity (Wildman–Crippen MR) is 112 cm³/mol. The summed E-state index contributed by atoms with van der Waals surface area (Å²) in [5.74, 6) is 0.279. The smallest absolute Gasteiger partial charge is 0.244 e. The number of piperidine rings is 1. The highest BCUT2D eigenvalue weighted by Gasteiger charge is 2.34. The fourth-order valence-electron chi connectivity index (χ4n) is 3.89. The molecule has 2 aliphatic heterocycles. The lowest BCUT2D eigenvalue weighted by Crippen LogP contribution is -2.58. The molecule has 0 aromatic heterocycles. The number of nitrogens with zero attached hydrogens (tertiary/aromatic N) is 3. The van der Waals surface area contributed by atoms with Crippen LogP contribution in [-0.2, 0) is 9.59 Å². The molecule has 8 heteroatoms. The number of hydrogen-bond acceptors (Lipinski definition) is 4. The van der Waals surface area contributed by atoms with Gasteiger partial charge in [0.1, 0.15) is 6.04 Å². The van der Waals surface area contributed by atoms with Crippen LogP contribution in [0.5, 0.6) is 0 Å². The molecule has 3 rings (SSSR count). The van der Waals surface area contributed by atoms with Crippen LogP contribution in [0.1, 0.15) is 24.4 Å². The zero-order valence-corrected chi connectivity index (χ0v) is 17.6. The highest BCUT2D eigenvalue weighted by atomic mass is 35.5. The van der Waals surface area contributed by atoms with Crippen molar-refractivity contribution >= 4 is 36.6 Å². The minimum atomic E-state index is -0.279. The summed E-state index contributed by atoms with van der Waals surface area (Å²) in [5, 5.41) is 3.11. The lowest BCUT2D eigenvalue weighted by molar-refractivity contribution is -0.143. The van der Waals surface area contributed by atoms with E-state index in [-0.39, 0.29) is 48.7 Å². The molecule has 2 aliphatic rings. The van der Waals surface area contributed by atoms with Gasteiger partial charge in [-0.25, -0.2) is 0 Å². The number of amides is 2. The number of hydrogen-bond donors (Lipinski definition) is 1. The highest BCUT2D eigenvalue weighted by Crippen LogP contribution is 2.24. The third-order valence-electron chi connectivity index (χ3n) is 5.14. The Morgan fingerprint density at radius 1 is 1.19 bits per heavy atom. The Labute approximate surface area is 174 Å². The van der Waals surface area contributed by atoms with E-state index >= 15 is 0 Å². The number of carbonyl (C=O) groups is 2. The van der Waals surface area contributed by atoms with Crippen LogP contribution in [0.4, 0.5) is 0 Å². The number of benzene rings is 1. The van der Waals surface area contributed by atoms with Crippen molar-refractivity contribution in [3.63, 3.8) is 0 Å². The van der Waals surface area contributed by atoms with Crippen molar-refractivity contribution in [2.75, 3.05) is 46.8 Å². The van der Waals surface area contributed by atoms with Crippen LogP contribution in [0.2, 0.25) is 0 Å². The van der Waals surface area contributed by atoms with Crippen molar-refractivity contribution in [2.24, 2.45) is 0 Å². The average molecular weight is 417 g/mol. The number of nitrogens with one attached hydrogen (secondary N) is 1. The van der Waals surface area contributed by atoms with Gasteiger partial charge in [-0.05, 0) is 32.5 Å². The van der Waals surface area contributed by atoms with Crippen LogP contribution in [0.15, 0.2) is 30.3 Å². The van der Waals surface area contributed by atoms with Gasteiger partial charge < -0.3 is 15.1 Å². The second-order valence-electron chi connectivity index (χ2n) is 7.12. The first-order chi connectivity index (χ1) is 12.1. The molecule has 2 fully saturated rings. The topological polar surface area (TPSA) is 55.9 Å². The lowest BCUT2D eigenvalue weighted by Gasteiger charge is -2.42. The predicted octanol–water partition coefficient (Wildman–Crippen LogP) is 1.56. The molecule has 0 radical (unpaired) electrons. The van der Waals surface area contributed by atoms with Gasteiger partial charge in [-0.15, -0.1) is 24.8 Å². The van der Waals surface area contributed by atoms with E-state index in [4.69, 9.17) is 0 Å². The van der Waals surface area contributed by atoms with Gasteiger partial charge in [-0.3, -0.25) is 14.5 Å². The summed E-state index contributed by atoms with van der Waals surface area (Å²) in [6.07, 6.45) is 1.93. The molecule has 2 amide bonds. The average Bonchev–Trinajstić information content (AvgIpc) is 2.63. The molecule has 2 saturated heterocycles. The largest absolute Gasteiger partial charge is 0.339 e. The van der Waals surface area contributed by atoms with Crippen LogP contribution in [0.3, 0.4) is 0 Å². The first-order valence-corrected chi connectivity index (χ1v) is 9.08. The molecule has 2 unspecified atom stereocenters. The molecule has 6 nitrogen and oxygen atoms in total. The maximum absolute atomic E-state index is 13.2. The molecular formula is C19H30Cl2N4O2. The Balaban J connectivity index is 0.00000182. The van der Waals surface area contributed by atoms with E-state index in [1.807, 2.05) is 59.1 Å². The molecule has 1 aromatic rings. The van der Waals surface area contributed by atoms with Gasteiger partial charge in [0.05, 0.1) is 6.54 Å². The van der Waals surface area contributed by atoms with Crippen LogP contribution in [0, 0.1) is 0 Å². The van der Waals surface area contributed by atoms with E-state index in [1.165, 1.54) is 0 Å². The van der Waals surface area contributed by atoms with Crippen molar-refractivity contribution in [3.8, 4) is 0 Å². The number of rotatable bonds is 4. The van der Waals surface area contributed by atoms with Crippen LogP contribution in [-0.4, -0.2) is 79.4 Å². The molecule has 0 aliphatic carbocycles. The summed E-state index contributed by atoms with van der Waals surface area (Å²) < 4.78 is 0. The summed E-state index contributed by atoms with van der Waals surface area (Å²) in [7, 11) is 3.88. The van der Waals surface area contributed by atoms with Crippen molar-refractivity contribution in [1.29, 1.82) is 0 Å². The molecule has 2 heterocycles. The van der Waals surface area contributed by atoms with E-state index in [0.29, 0.717) is 13.1 Å². The highest BCUT2D eigenvalue weighted by molar-refractivity contribution is 5.86. The number of likely N-dealkylation sites (tertiary alicyclic amines) is 1. The molecule has 0 bridgehead atoms. The Morgan fingerprint density at radius 3 is 2.52 bits per heavy atom. The second kappa shape index (κ2) is 10.9. The number of carbonyl (C=O) groups excluding carboxylic acids is 2. The molecule has 152 valence electrons. The SMILES string of the molecule is CN(C)C(C(=O)N1CCCC(N2CCNCC2=O)C1)c1ccccc1.Cl.Cl. The molecular weight excluding hydrogens is 387 g/mol. The molecule has 27 heavy (non-hydrogen) atoms. The normalized spacial score (nSPS) is 21.3. The standard InChI is InChI=1S/C19H28N4O2.2ClH/c1-21(2)18(15-7-4-3-5-8-15)19(25)22-11-6-9-16(14-22)23-12-10-20-13-17(23)24;;/h3-5,7-8,16,18,20H,6,9-14H2,1-2H3;2*1H. The maximum Gasteiger partial charge on any atom is 0.244 e. The first kappa shape index (κ1) is 23.7. The zero-order valence-electron chi connectivity index (χ0n) is 16.0. The fraction of sp³-hybridized carbons (Fsp3) is 0.579. The van der Waals surface area contributed by atoms with E-state index in [0.717, 1.165) is 38.0 Å². The van der Waals surface area contributed by atoms with Crippen LogP contribution < -0.4 is 5.32 Å². The first-order valence-electron chi connectivity index (χ1n) is 9.08. The quantitative estimate of drug-likeness (QED) is 0.808. The molecule has 0 spiro atoms. The van der Waals surface area contributed by atoms with Crippen molar-refractivity contribution in [3.05, 3.63) is 35.9 Å². The van der Waals surface area contributed by atoms with E-state index < -0.39 is 0 Å². The monoisotopic (exact) mass is 416 g/mol. The lowest BCUT2D eigenvalue weighted by atomic mass is 9.99. The molecule has 1 aromatic carbocycles. The van der Waals surface area contributed by atoms with Gasteiger partial charge in [0.15, 0.2) is 0 Å². The Kier molecular flexibility index (Phi) is 9.53. The number of piperazine rings is 1. The van der Waals surface area contributed by atoms with Gasteiger partial charge in [-0.1, -0.05) is 30.3 Å². The van der Waals surface area contributed by atoms with Crippen molar-refractivity contribution in [2.45, 2.75) is 24.9 Å². The van der Waals surface area contributed by atoms with Gasteiger partial charge >= 0.3 is 0 Å². The molecule has 2 atom stereocenters. The minimum absolute atomic E-state index is 0. The van der Waals surface area contributed by atoms with Crippen LogP contribution in [0.25, 0.3) is 0 Å². The minimum Gasteiger partial charge on any atom is -0.339 e. The Hall–Kier alpha value is -1.34. The van der Waals surface area contributed by atoms with Crippen molar-refractivity contribution in [1.82, 2.24) is 20.0 Å². The summed E-state index contributed by atoms with van der Waals surface area (Å²) in [4.78, 5) is 31.3. The third-order valence-corrected chi connectivity index (χ3v) is 5.14. The van der Waals surface area contributed by atoms with E-state index in [1.54, 1.807) is 0 Å². The van der Waals surface area contributed by atoms with E-state index in [9.17, 15) is 9.59 Å². The van der Waals surface area contributed by atoms with Gasteiger partial charge in [-0.2, -0.15) is 0 Å². The van der Waals surface area contributed by atoms with Gasteiger partial charge in [0, 0.05) is 32.2 Å². The summed E-state index contributed by atoms with van der Waals surface area (Å²) >= 11 is 0. The number of halogens is 2. The molecule has 0 saturated carbocycles. The van der Waals surface area contributed by atoms with Crippen LogP contribution >= 0.6 is 24.8 Å². The van der Waals surface area contributed by atoms with E-state index in [2.05, 4.69) is 5.32 Å².